The number of aryl methyl sites for hydroxylation is 3. The van der Waals surface area contributed by atoms with E-state index in [1.165, 1.54) is 51.1 Å². The van der Waals surface area contributed by atoms with E-state index in [2.05, 4.69) is 53.4 Å². The molecule has 0 spiro atoms. The number of hydrogen-bond acceptors (Lipinski definition) is 8. The van der Waals surface area contributed by atoms with Crippen molar-refractivity contribution < 1.29 is 9.21 Å². The Balaban J connectivity index is 1.37. The first-order valence-corrected chi connectivity index (χ1v) is 11.6. The number of thiophene rings is 1. The third-order valence-electron chi connectivity index (χ3n) is 4.15. The number of nitrogens with one attached hydrogen (secondary N) is 1. The van der Waals surface area contributed by atoms with Crippen LogP contribution in [0.5, 0.6) is 0 Å². The first-order valence-electron chi connectivity index (χ1n) is 8.83. The van der Waals surface area contributed by atoms with Crippen LogP contribution in [-0.2, 0) is 4.79 Å². The molecule has 0 aliphatic rings. The van der Waals surface area contributed by atoms with Crippen LogP contribution in [0.2, 0.25) is 0 Å². The van der Waals surface area contributed by atoms with Crippen LogP contribution in [0.1, 0.15) is 16.7 Å². The van der Waals surface area contributed by atoms with Gasteiger partial charge in [0, 0.05) is 10.9 Å². The van der Waals surface area contributed by atoms with Crippen LogP contribution in [0.25, 0.3) is 22.0 Å². The second-order valence-corrected chi connectivity index (χ2v) is 9.23. The molecule has 1 amide bonds. The van der Waals surface area contributed by atoms with Crippen molar-refractivity contribution >= 4 is 45.5 Å². The Bertz CT molecular complexity index is 1130. The van der Waals surface area contributed by atoms with E-state index >= 15 is 0 Å². The Labute approximate surface area is 180 Å². The van der Waals surface area contributed by atoms with Gasteiger partial charge in [-0.15, -0.1) is 32.9 Å². The fraction of sp³-hybridized carbons (Fsp3) is 0.200. The highest BCUT2D eigenvalue weighted by Crippen LogP contribution is 2.31. The molecule has 3 heterocycles. The number of carbonyl (C=O) groups is 1. The van der Waals surface area contributed by atoms with Crippen LogP contribution >= 0.6 is 34.4 Å². The summed E-state index contributed by atoms with van der Waals surface area (Å²) in [6.45, 7) is 6.25. The summed E-state index contributed by atoms with van der Waals surface area (Å²) in [7, 11) is 0. The number of amides is 1. The van der Waals surface area contributed by atoms with E-state index in [0.717, 1.165) is 16.1 Å². The van der Waals surface area contributed by atoms with E-state index < -0.39 is 0 Å². The standard InChI is InChI=1S/C20H18N4O2S3/c1-11-7-12(2)17(13(3)8-11)14-9-28-19(21-14)22-16(25)10-29-20-24-23-18(26-20)15-5-4-6-27-15/h4-9H,10H2,1-3H3,(H,21,22,25). The van der Waals surface area contributed by atoms with Crippen LogP contribution in [-0.4, -0.2) is 26.8 Å². The number of aromatic nitrogens is 3. The highest BCUT2D eigenvalue weighted by atomic mass is 32.2. The van der Waals surface area contributed by atoms with E-state index in [9.17, 15) is 4.79 Å². The number of anilines is 1. The lowest BCUT2D eigenvalue weighted by Crippen LogP contribution is -2.13. The molecule has 0 atom stereocenters. The van der Waals surface area contributed by atoms with E-state index in [1.54, 1.807) is 0 Å². The predicted octanol–water partition coefficient (Wildman–Crippen LogP) is 5.58. The molecule has 0 aliphatic carbocycles. The van der Waals surface area contributed by atoms with E-state index in [1.807, 2.05) is 22.9 Å². The Kier molecular flexibility index (Phi) is 5.79. The average molecular weight is 443 g/mol. The fourth-order valence-electron chi connectivity index (χ4n) is 3.08. The van der Waals surface area contributed by atoms with Crippen molar-refractivity contribution in [2.24, 2.45) is 0 Å². The van der Waals surface area contributed by atoms with Gasteiger partial charge in [-0.25, -0.2) is 4.98 Å². The molecule has 4 rings (SSSR count). The van der Waals surface area contributed by atoms with Crippen molar-refractivity contribution in [3.8, 4) is 22.0 Å². The van der Waals surface area contributed by atoms with Gasteiger partial charge in [-0.05, 0) is 43.3 Å². The lowest BCUT2D eigenvalue weighted by atomic mass is 9.98. The molecule has 1 N–H and O–H groups in total. The van der Waals surface area contributed by atoms with Crippen molar-refractivity contribution in [1.82, 2.24) is 15.2 Å². The molecule has 0 radical (unpaired) electrons. The van der Waals surface area contributed by atoms with Gasteiger partial charge in [0.05, 0.1) is 16.3 Å². The van der Waals surface area contributed by atoms with Gasteiger partial charge < -0.3 is 9.73 Å². The Morgan fingerprint density at radius 2 is 1.97 bits per heavy atom. The number of carbonyl (C=O) groups excluding carboxylic acids is 1. The largest absolute Gasteiger partial charge is 0.410 e. The molecule has 148 valence electrons. The fourth-order valence-corrected chi connectivity index (χ4v) is 5.01. The Hall–Kier alpha value is -2.49. The maximum Gasteiger partial charge on any atom is 0.277 e. The summed E-state index contributed by atoms with van der Waals surface area (Å²) in [6.07, 6.45) is 0. The average Bonchev–Trinajstić information content (AvgIpc) is 3.41. The summed E-state index contributed by atoms with van der Waals surface area (Å²) < 4.78 is 5.58. The number of benzene rings is 1. The Morgan fingerprint density at radius 1 is 1.17 bits per heavy atom. The normalized spacial score (nSPS) is 11.0. The summed E-state index contributed by atoms with van der Waals surface area (Å²) in [4.78, 5) is 17.8. The minimum atomic E-state index is -0.163. The van der Waals surface area contributed by atoms with Crippen molar-refractivity contribution in [2.75, 3.05) is 11.1 Å². The lowest BCUT2D eigenvalue weighted by Gasteiger charge is -2.08. The van der Waals surface area contributed by atoms with Crippen molar-refractivity contribution in [2.45, 2.75) is 26.0 Å². The van der Waals surface area contributed by atoms with Crippen molar-refractivity contribution in [1.29, 1.82) is 0 Å². The second kappa shape index (κ2) is 8.48. The molecule has 1 aromatic carbocycles. The second-order valence-electron chi connectivity index (χ2n) is 6.50. The molecular formula is C20H18N4O2S3. The molecule has 0 unspecified atom stereocenters. The highest BCUT2D eigenvalue weighted by Gasteiger charge is 2.14. The highest BCUT2D eigenvalue weighted by molar-refractivity contribution is 7.99. The molecule has 4 aromatic rings. The van der Waals surface area contributed by atoms with Gasteiger partial charge in [0.2, 0.25) is 5.91 Å². The molecule has 0 saturated carbocycles. The third kappa shape index (κ3) is 4.58. The molecule has 0 aliphatic heterocycles. The number of rotatable bonds is 6. The zero-order valence-corrected chi connectivity index (χ0v) is 18.5. The van der Waals surface area contributed by atoms with Gasteiger partial charge in [0.15, 0.2) is 5.13 Å². The number of nitrogens with zero attached hydrogens (tertiary/aromatic N) is 3. The molecule has 0 fully saturated rings. The number of hydrogen-bond donors (Lipinski definition) is 1. The zero-order chi connectivity index (χ0) is 20.4. The summed E-state index contributed by atoms with van der Waals surface area (Å²) >= 11 is 4.15. The van der Waals surface area contributed by atoms with Crippen LogP contribution in [0.3, 0.4) is 0 Å². The Morgan fingerprint density at radius 3 is 2.69 bits per heavy atom. The van der Waals surface area contributed by atoms with Crippen LogP contribution in [0.15, 0.2) is 44.7 Å². The first kappa shape index (κ1) is 19.8. The SMILES string of the molecule is Cc1cc(C)c(-c2csc(NC(=O)CSc3nnc(-c4cccs4)o3)n2)c(C)c1. The summed E-state index contributed by atoms with van der Waals surface area (Å²) in [6, 6.07) is 8.13. The maximum atomic E-state index is 12.3. The molecule has 9 heteroatoms. The molecule has 29 heavy (non-hydrogen) atoms. The molecule has 0 saturated heterocycles. The van der Waals surface area contributed by atoms with E-state index in [4.69, 9.17) is 4.42 Å². The quantitative estimate of drug-likeness (QED) is 0.393. The number of thioether (sulfide) groups is 1. The maximum absolute atomic E-state index is 12.3. The van der Waals surface area contributed by atoms with E-state index in [-0.39, 0.29) is 11.7 Å². The monoisotopic (exact) mass is 442 g/mol. The molecule has 0 bridgehead atoms. The van der Waals surface area contributed by atoms with Gasteiger partial charge in [-0.2, -0.15) is 0 Å². The van der Waals surface area contributed by atoms with Gasteiger partial charge in [-0.1, -0.05) is 35.5 Å². The van der Waals surface area contributed by atoms with Crippen LogP contribution < -0.4 is 5.32 Å². The van der Waals surface area contributed by atoms with Gasteiger partial charge >= 0.3 is 0 Å². The first-order chi connectivity index (χ1) is 14.0. The lowest BCUT2D eigenvalue weighted by molar-refractivity contribution is -0.113. The minimum Gasteiger partial charge on any atom is -0.410 e. The number of thiazole rings is 1. The molecule has 6 nitrogen and oxygen atoms in total. The van der Waals surface area contributed by atoms with Gasteiger partial charge in [-0.3, -0.25) is 4.79 Å². The molecule has 3 aromatic heterocycles. The van der Waals surface area contributed by atoms with Crippen molar-refractivity contribution in [3.63, 3.8) is 0 Å². The zero-order valence-electron chi connectivity index (χ0n) is 16.1. The van der Waals surface area contributed by atoms with E-state index in [0.29, 0.717) is 16.2 Å². The van der Waals surface area contributed by atoms with Crippen molar-refractivity contribution in [3.05, 3.63) is 51.7 Å². The van der Waals surface area contributed by atoms with Crippen LogP contribution in [0.4, 0.5) is 5.13 Å². The predicted molar refractivity (Wildman–Crippen MR) is 119 cm³/mol. The van der Waals surface area contributed by atoms with Gasteiger partial charge in [0.1, 0.15) is 0 Å². The smallest absolute Gasteiger partial charge is 0.277 e. The minimum absolute atomic E-state index is 0.163. The van der Waals surface area contributed by atoms with Crippen LogP contribution in [0, 0.1) is 20.8 Å². The topological polar surface area (TPSA) is 80.9 Å². The summed E-state index contributed by atoms with van der Waals surface area (Å²) in [5.74, 6) is 0.476. The summed E-state index contributed by atoms with van der Waals surface area (Å²) in [5, 5.41) is 15.7. The molecular weight excluding hydrogens is 424 g/mol. The van der Waals surface area contributed by atoms with Gasteiger partial charge in [0.25, 0.3) is 11.1 Å². The summed E-state index contributed by atoms with van der Waals surface area (Å²) in [5.41, 5.74) is 5.59. The third-order valence-corrected chi connectivity index (χ3v) is 6.58.